The summed E-state index contributed by atoms with van der Waals surface area (Å²) in [6.07, 6.45) is 3.18. The zero-order chi connectivity index (χ0) is 16.3. The Kier molecular flexibility index (Phi) is 6.16. The van der Waals surface area contributed by atoms with Crippen LogP contribution in [0.2, 0.25) is 0 Å². The number of pyridine rings is 1. The first kappa shape index (κ1) is 16.0. The van der Waals surface area contributed by atoms with E-state index < -0.39 is 0 Å². The van der Waals surface area contributed by atoms with Crippen LogP contribution in [0.25, 0.3) is 11.1 Å². The van der Waals surface area contributed by atoms with Gasteiger partial charge in [-0.15, -0.1) is 5.11 Å². The van der Waals surface area contributed by atoms with E-state index in [2.05, 4.69) is 63.7 Å². The number of benzene rings is 2. The molecule has 0 spiro atoms. The number of aromatic nitrogens is 1. The van der Waals surface area contributed by atoms with E-state index in [9.17, 15) is 0 Å². The van der Waals surface area contributed by atoms with Crippen molar-refractivity contribution in [1.29, 1.82) is 5.53 Å². The van der Waals surface area contributed by atoms with E-state index in [0.717, 1.165) is 0 Å². The van der Waals surface area contributed by atoms with Gasteiger partial charge >= 0.3 is 0 Å². The highest BCUT2D eigenvalue weighted by atomic mass is 15.2. The van der Waals surface area contributed by atoms with E-state index >= 15 is 0 Å². The van der Waals surface area contributed by atoms with Gasteiger partial charge in [0.2, 0.25) is 0 Å². The second kappa shape index (κ2) is 8.84. The monoisotopic (exact) mass is 303 g/mol. The molecule has 0 unspecified atom stereocenters. The lowest BCUT2D eigenvalue weighted by atomic mass is 10.1. The fraction of sp³-hybridized carbons (Fsp3) is 0. The average molecular weight is 303 g/mol. The van der Waals surface area contributed by atoms with Crippen LogP contribution >= 0.6 is 0 Å². The van der Waals surface area contributed by atoms with Crippen molar-refractivity contribution in [1.82, 2.24) is 4.98 Å². The normalized spacial score (nSPS) is 10.3. The number of hydrogen-bond donors (Lipinski definition) is 2. The molecule has 0 amide bonds. The van der Waals surface area contributed by atoms with Gasteiger partial charge in [-0.3, -0.25) is 4.98 Å². The second-order valence-corrected chi connectivity index (χ2v) is 4.53. The first-order valence-corrected chi connectivity index (χ1v) is 7.01. The summed E-state index contributed by atoms with van der Waals surface area (Å²) in [6.45, 7) is 0. The Morgan fingerprint density at radius 1 is 0.783 bits per heavy atom. The van der Waals surface area contributed by atoms with Gasteiger partial charge in [0.15, 0.2) is 5.84 Å². The maximum atomic E-state index is 6.69. The van der Waals surface area contributed by atoms with Crippen LogP contribution in [-0.2, 0) is 0 Å². The largest absolute Gasteiger partial charge is 0.321 e. The minimum Gasteiger partial charge on any atom is -0.321 e. The standard InChI is InChI=1S/C12H10.C6H7N5/c1-3-7-11(8-4-1)12-9-5-2-6-10-12;7-10-6(11-8)5-1-3-9-4-2-5/h1-10H;1-4,7H,8H2. The van der Waals surface area contributed by atoms with Crippen molar-refractivity contribution in [2.45, 2.75) is 0 Å². The molecule has 0 aliphatic heterocycles. The Morgan fingerprint density at radius 2 is 1.26 bits per heavy atom. The Morgan fingerprint density at radius 3 is 1.65 bits per heavy atom. The smallest absolute Gasteiger partial charge is 0.199 e. The molecular weight excluding hydrogens is 286 g/mol. The highest BCUT2D eigenvalue weighted by Gasteiger charge is 1.98. The third kappa shape index (κ3) is 4.86. The molecule has 0 fully saturated rings. The van der Waals surface area contributed by atoms with Gasteiger partial charge in [0.05, 0.1) is 0 Å². The zero-order valence-electron chi connectivity index (χ0n) is 12.5. The van der Waals surface area contributed by atoms with Crippen LogP contribution in [0.15, 0.2) is 95.4 Å². The van der Waals surface area contributed by atoms with Crippen molar-refractivity contribution in [3.8, 4) is 11.1 Å². The maximum absolute atomic E-state index is 6.69. The van der Waals surface area contributed by atoms with Crippen LogP contribution in [0.3, 0.4) is 0 Å². The lowest BCUT2D eigenvalue weighted by molar-refractivity contribution is 1.13. The summed E-state index contributed by atoms with van der Waals surface area (Å²) in [4.78, 5) is 3.80. The number of nitrogens with two attached hydrogens (primary N) is 1. The average Bonchev–Trinajstić information content (AvgIpc) is 2.66. The molecule has 3 aromatic rings. The predicted octanol–water partition coefficient (Wildman–Crippen LogP) is 4.09. The highest BCUT2D eigenvalue weighted by molar-refractivity contribution is 5.98. The van der Waals surface area contributed by atoms with E-state index in [1.807, 2.05) is 12.1 Å². The van der Waals surface area contributed by atoms with Crippen LogP contribution in [0.1, 0.15) is 5.56 Å². The summed E-state index contributed by atoms with van der Waals surface area (Å²) in [6, 6.07) is 24.1. The Balaban J connectivity index is 0.000000168. The second-order valence-electron chi connectivity index (χ2n) is 4.53. The molecule has 0 radical (unpaired) electrons. The van der Waals surface area contributed by atoms with Gasteiger partial charge in [0.25, 0.3) is 0 Å². The SMILES string of the molecule is N=NC(=NN)c1ccncc1.c1ccc(-c2ccccc2)cc1. The number of hydrazone groups is 1. The Bertz CT molecular complexity index is 703. The van der Waals surface area contributed by atoms with Gasteiger partial charge in [-0.1, -0.05) is 60.7 Å². The van der Waals surface area contributed by atoms with Crippen LogP contribution < -0.4 is 5.84 Å². The summed E-state index contributed by atoms with van der Waals surface area (Å²) in [5, 5.41) is 6.44. The molecule has 1 aromatic heterocycles. The topological polar surface area (TPSA) is 87.5 Å². The quantitative estimate of drug-likeness (QED) is 0.245. The van der Waals surface area contributed by atoms with Gasteiger partial charge in [-0.05, 0) is 23.3 Å². The molecule has 0 saturated heterocycles. The Labute approximate surface area is 135 Å². The fourth-order valence-electron chi connectivity index (χ4n) is 1.93. The predicted molar refractivity (Wildman–Crippen MR) is 92.0 cm³/mol. The van der Waals surface area contributed by atoms with Crippen molar-refractivity contribution in [2.24, 2.45) is 16.1 Å². The molecule has 5 nitrogen and oxygen atoms in total. The minimum atomic E-state index is 0.201. The third-order valence-electron chi connectivity index (χ3n) is 3.05. The molecular formula is C18H17N5. The van der Waals surface area contributed by atoms with E-state index in [4.69, 9.17) is 11.4 Å². The van der Waals surface area contributed by atoms with E-state index in [0.29, 0.717) is 5.56 Å². The van der Waals surface area contributed by atoms with Gasteiger partial charge < -0.3 is 5.84 Å². The first-order valence-electron chi connectivity index (χ1n) is 7.01. The van der Waals surface area contributed by atoms with Gasteiger partial charge in [-0.2, -0.15) is 5.10 Å². The van der Waals surface area contributed by atoms with Crippen LogP contribution in [-0.4, -0.2) is 10.8 Å². The van der Waals surface area contributed by atoms with Crippen LogP contribution in [0, 0.1) is 5.53 Å². The summed E-state index contributed by atoms with van der Waals surface area (Å²) < 4.78 is 0. The molecule has 1 heterocycles. The molecule has 2 aromatic carbocycles. The lowest BCUT2D eigenvalue weighted by Crippen LogP contribution is -1.99. The summed E-state index contributed by atoms with van der Waals surface area (Å²) in [7, 11) is 0. The molecule has 0 bridgehead atoms. The van der Waals surface area contributed by atoms with Gasteiger partial charge in [-0.25, -0.2) is 5.53 Å². The third-order valence-corrected chi connectivity index (χ3v) is 3.05. The summed E-state index contributed by atoms with van der Waals surface area (Å²) >= 11 is 0. The van der Waals surface area contributed by atoms with Gasteiger partial charge in [0, 0.05) is 18.0 Å². The minimum absolute atomic E-state index is 0.201. The molecule has 5 heteroatoms. The number of nitrogens with zero attached hydrogens (tertiary/aromatic N) is 3. The number of amidine groups is 1. The maximum Gasteiger partial charge on any atom is 0.199 e. The first-order chi connectivity index (χ1) is 11.3. The molecule has 0 saturated carbocycles. The summed E-state index contributed by atoms with van der Waals surface area (Å²) in [5.41, 5.74) is 9.94. The Hall–Kier alpha value is -3.34. The van der Waals surface area contributed by atoms with Crippen molar-refractivity contribution >= 4 is 5.84 Å². The molecule has 3 N–H and O–H groups in total. The van der Waals surface area contributed by atoms with Crippen LogP contribution in [0.4, 0.5) is 0 Å². The van der Waals surface area contributed by atoms with Crippen molar-refractivity contribution in [2.75, 3.05) is 0 Å². The molecule has 0 aliphatic carbocycles. The molecule has 0 atom stereocenters. The lowest BCUT2D eigenvalue weighted by Gasteiger charge is -1.98. The zero-order valence-corrected chi connectivity index (χ0v) is 12.5. The van der Waals surface area contributed by atoms with E-state index in [-0.39, 0.29) is 5.84 Å². The van der Waals surface area contributed by atoms with Crippen molar-refractivity contribution in [3.63, 3.8) is 0 Å². The fourth-order valence-corrected chi connectivity index (χ4v) is 1.93. The van der Waals surface area contributed by atoms with E-state index in [1.165, 1.54) is 11.1 Å². The van der Waals surface area contributed by atoms with Crippen molar-refractivity contribution < 1.29 is 0 Å². The van der Waals surface area contributed by atoms with E-state index in [1.54, 1.807) is 24.5 Å². The van der Waals surface area contributed by atoms with Crippen LogP contribution in [0.5, 0.6) is 0 Å². The number of nitrogens with one attached hydrogen (secondary N) is 1. The molecule has 114 valence electrons. The summed E-state index contributed by atoms with van der Waals surface area (Å²) in [5.74, 6) is 5.17. The highest BCUT2D eigenvalue weighted by Crippen LogP contribution is 2.17. The molecule has 0 aliphatic rings. The van der Waals surface area contributed by atoms with Gasteiger partial charge in [0.1, 0.15) is 0 Å². The van der Waals surface area contributed by atoms with Crippen molar-refractivity contribution in [3.05, 3.63) is 90.8 Å². The molecule has 23 heavy (non-hydrogen) atoms. The molecule has 3 rings (SSSR count). The number of rotatable bonds is 2. The number of hydrogen-bond acceptors (Lipinski definition) is 4.